The molecule has 1 aromatic carbocycles. The number of carbonyl (C=O) groups excluding carboxylic acids is 1. The molecule has 0 bridgehead atoms. The van der Waals surface area contributed by atoms with Crippen molar-refractivity contribution < 1.29 is 22.7 Å². The monoisotopic (exact) mass is 366 g/mol. The Hall–Kier alpha value is -2.27. The zero-order valence-corrected chi connectivity index (χ0v) is 15.4. The minimum atomic E-state index is -3.07. The fraction of sp³-hybridized carbons (Fsp3) is 0.529. The van der Waals surface area contributed by atoms with Crippen molar-refractivity contribution in [2.45, 2.75) is 32.4 Å². The molecule has 1 heterocycles. The first kappa shape index (κ1) is 19.1. The number of nitriles is 1. The molecule has 8 heteroatoms. The molecule has 0 radical (unpaired) electrons. The first-order valence-corrected chi connectivity index (χ1v) is 9.89. The number of nitrogens with zero attached hydrogens (tertiary/aromatic N) is 2. The second-order valence-corrected chi connectivity index (χ2v) is 8.15. The standard InChI is InChI=1S/C17H22N2O5S/c1-4-19(14-7-8-25(21,22)11-14)17(20)12(2)24-15-6-5-13(10-18)9-16(15)23-3/h5-6,9,12,14H,4,7-8,11H2,1-3H3/t12-,14-/m0/s1. The second kappa shape index (κ2) is 7.74. The Kier molecular flexibility index (Phi) is 5.90. The van der Waals surface area contributed by atoms with E-state index in [1.54, 1.807) is 24.0 Å². The Bertz CT molecular complexity index is 785. The summed E-state index contributed by atoms with van der Waals surface area (Å²) < 4.78 is 34.3. The van der Waals surface area contributed by atoms with Gasteiger partial charge in [0.1, 0.15) is 0 Å². The number of carbonyl (C=O) groups is 1. The lowest BCUT2D eigenvalue weighted by molar-refractivity contribution is -0.139. The number of likely N-dealkylation sites (N-methyl/N-ethyl adjacent to an activating group) is 1. The van der Waals surface area contributed by atoms with Gasteiger partial charge in [0.15, 0.2) is 27.4 Å². The van der Waals surface area contributed by atoms with Crippen LogP contribution >= 0.6 is 0 Å². The van der Waals surface area contributed by atoms with Crippen LogP contribution in [0.25, 0.3) is 0 Å². The van der Waals surface area contributed by atoms with Crippen molar-refractivity contribution in [1.29, 1.82) is 5.26 Å². The van der Waals surface area contributed by atoms with Gasteiger partial charge in [-0.2, -0.15) is 5.26 Å². The molecule has 0 unspecified atom stereocenters. The molecule has 1 amide bonds. The molecular formula is C17H22N2O5S. The molecule has 0 aromatic heterocycles. The van der Waals surface area contributed by atoms with Gasteiger partial charge in [-0.1, -0.05) is 0 Å². The van der Waals surface area contributed by atoms with Crippen molar-refractivity contribution in [2.24, 2.45) is 0 Å². The molecule has 1 aliphatic rings. The molecule has 0 saturated carbocycles. The van der Waals surface area contributed by atoms with Gasteiger partial charge in [0.05, 0.1) is 30.2 Å². The highest BCUT2D eigenvalue weighted by atomic mass is 32.2. The Labute approximate surface area is 148 Å². The lowest BCUT2D eigenvalue weighted by Gasteiger charge is -2.29. The van der Waals surface area contributed by atoms with Crippen LogP contribution in [0.5, 0.6) is 11.5 Å². The van der Waals surface area contributed by atoms with E-state index in [-0.39, 0.29) is 23.5 Å². The summed E-state index contributed by atoms with van der Waals surface area (Å²) in [4.78, 5) is 14.3. The van der Waals surface area contributed by atoms with Crippen molar-refractivity contribution in [3.63, 3.8) is 0 Å². The number of rotatable bonds is 6. The van der Waals surface area contributed by atoms with E-state index in [2.05, 4.69) is 0 Å². The normalized spacial score (nSPS) is 19.7. The summed E-state index contributed by atoms with van der Waals surface area (Å²) in [5, 5.41) is 8.93. The highest BCUT2D eigenvalue weighted by molar-refractivity contribution is 7.91. The zero-order valence-electron chi connectivity index (χ0n) is 14.6. The van der Waals surface area contributed by atoms with Crippen LogP contribution in [0.4, 0.5) is 0 Å². The Morgan fingerprint density at radius 3 is 2.68 bits per heavy atom. The smallest absolute Gasteiger partial charge is 0.263 e. The topological polar surface area (TPSA) is 96.7 Å². The molecule has 1 fully saturated rings. The molecule has 1 aromatic rings. The van der Waals surface area contributed by atoms with E-state index in [0.717, 1.165) is 0 Å². The minimum Gasteiger partial charge on any atom is -0.493 e. The number of ether oxygens (including phenoxy) is 2. The maximum atomic E-state index is 12.7. The van der Waals surface area contributed by atoms with E-state index in [4.69, 9.17) is 14.7 Å². The number of benzene rings is 1. The molecule has 0 spiro atoms. The SMILES string of the molecule is CCN(C(=O)[C@H](C)Oc1ccc(C#N)cc1OC)[C@H]1CCS(=O)(=O)C1. The molecule has 7 nitrogen and oxygen atoms in total. The molecule has 1 aliphatic heterocycles. The third-order valence-corrected chi connectivity index (χ3v) is 5.97. The maximum Gasteiger partial charge on any atom is 0.263 e. The van der Waals surface area contributed by atoms with Crippen molar-refractivity contribution in [2.75, 3.05) is 25.2 Å². The fourth-order valence-corrected chi connectivity index (χ4v) is 4.65. The number of sulfone groups is 1. The summed E-state index contributed by atoms with van der Waals surface area (Å²) in [5.41, 5.74) is 0.425. The van der Waals surface area contributed by atoms with Crippen LogP contribution in [0, 0.1) is 11.3 Å². The summed E-state index contributed by atoms with van der Waals surface area (Å²) >= 11 is 0. The molecule has 0 aliphatic carbocycles. The van der Waals surface area contributed by atoms with E-state index < -0.39 is 15.9 Å². The molecular weight excluding hydrogens is 344 g/mol. The van der Waals surface area contributed by atoms with Crippen LogP contribution in [-0.2, 0) is 14.6 Å². The largest absolute Gasteiger partial charge is 0.493 e. The number of methoxy groups -OCH3 is 1. The van der Waals surface area contributed by atoms with E-state index in [9.17, 15) is 13.2 Å². The summed E-state index contributed by atoms with van der Waals surface area (Å²) in [7, 11) is -1.62. The second-order valence-electron chi connectivity index (χ2n) is 5.92. The van der Waals surface area contributed by atoms with Gasteiger partial charge in [-0.25, -0.2) is 8.42 Å². The lowest BCUT2D eigenvalue weighted by Crippen LogP contribution is -2.46. The molecule has 25 heavy (non-hydrogen) atoms. The van der Waals surface area contributed by atoms with Crippen molar-refractivity contribution in [3.05, 3.63) is 23.8 Å². The van der Waals surface area contributed by atoms with Crippen LogP contribution in [0.3, 0.4) is 0 Å². The van der Waals surface area contributed by atoms with Crippen LogP contribution < -0.4 is 9.47 Å². The van der Waals surface area contributed by atoms with Gasteiger partial charge in [0.25, 0.3) is 5.91 Å². The van der Waals surface area contributed by atoms with Crippen LogP contribution in [0.15, 0.2) is 18.2 Å². The van der Waals surface area contributed by atoms with Crippen molar-refractivity contribution in [1.82, 2.24) is 4.90 Å². The summed E-state index contributed by atoms with van der Waals surface area (Å²) in [6, 6.07) is 6.40. The number of amides is 1. The average molecular weight is 366 g/mol. The van der Waals surface area contributed by atoms with Crippen LogP contribution in [0.1, 0.15) is 25.8 Å². The minimum absolute atomic E-state index is 0.000508. The molecule has 0 N–H and O–H groups in total. The maximum absolute atomic E-state index is 12.7. The van der Waals surface area contributed by atoms with Gasteiger partial charge >= 0.3 is 0 Å². The highest BCUT2D eigenvalue weighted by Crippen LogP contribution is 2.29. The fourth-order valence-electron chi connectivity index (χ4n) is 2.92. The zero-order chi connectivity index (χ0) is 18.6. The van der Waals surface area contributed by atoms with Crippen LogP contribution in [-0.4, -0.2) is 56.5 Å². The lowest BCUT2D eigenvalue weighted by atomic mass is 10.2. The number of hydrogen-bond acceptors (Lipinski definition) is 6. The van der Waals surface area contributed by atoms with Gasteiger partial charge in [-0.15, -0.1) is 0 Å². The highest BCUT2D eigenvalue weighted by Gasteiger charge is 2.35. The third-order valence-electron chi connectivity index (χ3n) is 4.22. The molecule has 136 valence electrons. The Balaban J connectivity index is 2.13. The predicted octanol–water partition coefficient (Wildman–Crippen LogP) is 1.37. The van der Waals surface area contributed by atoms with Gasteiger partial charge in [-0.05, 0) is 32.4 Å². The van der Waals surface area contributed by atoms with Crippen molar-refractivity contribution in [3.8, 4) is 17.6 Å². The van der Waals surface area contributed by atoms with E-state index in [0.29, 0.717) is 30.0 Å². The van der Waals surface area contributed by atoms with Gasteiger partial charge in [-0.3, -0.25) is 4.79 Å². The van der Waals surface area contributed by atoms with Gasteiger partial charge < -0.3 is 14.4 Å². The first-order chi connectivity index (χ1) is 11.8. The molecule has 2 rings (SSSR count). The number of hydrogen-bond donors (Lipinski definition) is 0. The Morgan fingerprint density at radius 1 is 1.44 bits per heavy atom. The summed E-state index contributed by atoms with van der Waals surface area (Å²) in [6.45, 7) is 3.85. The average Bonchev–Trinajstić information content (AvgIpc) is 2.95. The van der Waals surface area contributed by atoms with Crippen molar-refractivity contribution >= 4 is 15.7 Å². The van der Waals surface area contributed by atoms with Gasteiger partial charge in [0.2, 0.25) is 0 Å². The Morgan fingerprint density at radius 2 is 2.16 bits per heavy atom. The van der Waals surface area contributed by atoms with E-state index in [1.165, 1.54) is 13.2 Å². The first-order valence-electron chi connectivity index (χ1n) is 8.07. The quantitative estimate of drug-likeness (QED) is 0.754. The molecule has 2 atom stereocenters. The summed E-state index contributed by atoms with van der Waals surface area (Å²) in [5.74, 6) is 0.568. The summed E-state index contributed by atoms with van der Waals surface area (Å²) in [6.07, 6.45) is -0.348. The van der Waals surface area contributed by atoms with Gasteiger partial charge in [0, 0.05) is 18.7 Å². The van der Waals surface area contributed by atoms with E-state index >= 15 is 0 Å². The van der Waals surface area contributed by atoms with Crippen LogP contribution in [0.2, 0.25) is 0 Å². The molecule has 1 saturated heterocycles. The van der Waals surface area contributed by atoms with E-state index in [1.807, 2.05) is 13.0 Å². The third kappa shape index (κ3) is 4.42. The predicted molar refractivity (Wildman–Crippen MR) is 92.2 cm³/mol.